The molecule has 1 aromatic rings. The smallest absolute Gasteiger partial charge is 0.0635 e. The van der Waals surface area contributed by atoms with Crippen LogP contribution >= 0.6 is 0 Å². The van der Waals surface area contributed by atoms with Crippen molar-refractivity contribution in [1.82, 2.24) is 4.98 Å². The van der Waals surface area contributed by atoms with Crippen molar-refractivity contribution in [2.75, 3.05) is 11.9 Å². The van der Waals surface area contributed by atoms with Crippen molar-refractivity contribution in [2.24, 2.45) is 0 Å². The highest BCUT2D eigenvalue weighted by Gasteiger charge is 2.06. The lowest BCUT2D eigenvalue weighted by Crippen LogP contribution is -2.12. The summed E-state index contributed by atoms with van der Waals surface area (Å²) in [7, 11) is 0. The largest absolute Gasteiger partial charge is 0.384 e. The number of fused-ring (bicyclic) bond motifs is 1. The van der Waals surface area contributed by atoms with Crippen molar-refractivity contribution in [3.8, 4) is 0 Å². The molecule has 2 heteroatoms. The number of hydrogen-bond acceptors (Lipinski definition) is 2. The topological polar surface area (TPSA) is 24.9 Å². The fraction of sp³-hybridized carbons (Fsp3) is 0.375. The fourth-order valence-corrected chi connectivity index (χ4v) is 1.28. The molecule has 0 unspecified atom stereocenters. The Balaban J connectivity index is 2.41. The number of nitrogens with zero attached hydrogens (tertiary/aromatic N) is 1. The Morgan fingerprint density at radius 3 is 3.40 bits per heavy atom. The van der Waals surface area contributed by atoms with Gasteiger partial charge >= 0.3 is 0 Å². The van der Waals surface area contributed by atoms with E-state index in [1.807, 2.05) is 12.3 Å². The highest BCUT2D eigenvalue weighted by molar-refractivity contribution is 5.48. The van der Waals surface area contributed by atoms with Crippen molar-refractivity contribution in [3.05, 3.63) is 24.0 Å². The summed E-state index contributed by atoms with van der Waals surface area (Å²) in [5.41, 5.74) is 2.43. The molecule has 0 spiro atoms. The number of hydrogen-bond donors (Lipinski definition) is 1. The third kappa shape index (κ3) is 0.856. The molecule has 1 aromatic heterocycles. The number of pyridine rings is 1. The van der Waals surface area contributed by atoms with E-state index in [1.165, 1.54) is 17.8 Å². The minimum atomic E-state index is 1.10. The second-order valence-electron chi connectivity index (χ2n) is 2.53. The van der Waals surface area contributed by atoms with Gasteiger partial charge in [-0.3, -0.25) is 4.98 Å². The number of aryl methyl sites for hydroxylation is 1. The van der Waals surface area contributed by atoms with Crippen molar-refractivity contribution in [2.45, 2.75) is 12.8 Å². The molecule has 0 fully saturated rings. The molecule has 0 saturated heterocycles. The quantitative estimate of drug-likeness (QED) is 0.580. The maximum Gasteiger partial charge on any atom is 0.0635 e. The summed E-state index contributed by atoms with van der Waals surface area (Å²) in [4.78, 5) is 4.26. The van der Waals surface area contributed by atoms with Gasteiger partial charge in [-0.15, -0.1) is 0 Å². The molecule has 0 aliphatic carbocycles. The highest BCUT2D eigenvalue weighted by Crippen LogP contribution is 2.17. The van der Waals surface area contributed by atoms with E-state index in [0.29, 0.717) is 0 Å². The molecule has 1 N–H and O–H groups in total. The van der Waals surface area contributed by atoms with E-state index in [2.05, 4.69) is 16.4 Å². The average Bonchev–Trinajstić information content (AvgIpc) is 2.05. The molecule has 2 nitrogen and oxygen atoms in total. The predicted octanol–water partition coefficient (Wildman–Crippen LogP) is 1.44. The minimum Gasteiger partial charge on any atom is -0.384 e. The van der Waals surface area contributed by atoms with Crippen molar-refractivity contribution in [3.63, 3.8) is 0 Å². The molecule has 52 valence electrons. The van der Waals surface area contributed by atoms with Crippen LogP contribution in [0, 0.1) is 0 Å². The summed E-state index contributed by atoms with van der Waals surface area (Å²) in [5, 5.41) is 3.30. The van der Waals surface area contributed by atoms with E-state index in [9.17, 15) is 0 Å². The Hall–Kier alpha value is -1.05. The van der Waals surface area contributed by atoms with E-state index in [-0.39, 0.29) is 0 Å². The normalized spacial score (nSPS) is 15.6. The zero-order valence-electron chi connectivity index (χ0n) is 5.80. The van der Waals surface area contributed by atoms with Crippen LogP contribution in [0.1, 0.15) is 12.1 Å². The number of anilines is 1. The van der Waals surface area contributed by atoms with Gasteiger partial charge in [0.15, 0.2) is 0 Å². The monoisotopic (exact) mass is 134 g/mol. The molecule has 0 radical (unpaired) electrons. The SMILES string of the molecule is c1cnc2c(c1)NCCC2. The summed E-state index contributed by atoms with van der Waals surface area (Å²) >= 11 is 0. The van der Waals surface area contributed by atoms with Crippen LogP contribution in [0.3, 0.4) is 0 Å². The van der Waals surface area contributed by atoms with Gasteiger partial charge in [0.05, 0.1) is 11.4 Å². The Kier molecular flexibility index (Phi) is 1.31. The lowest BCUT2D eigenvalue weighted by molar-refractivity contribution is 0.802. The van der Waals surface area contributed by atoms with Gasteiger partial charge in [0.1, 0.15) is 0 Å². The summed E-state index contributed by atoms with van der Waals surface area (Å²) < 4.78 is 0. The number of rotatable bonds is 0. The van der Waals surface area contributed by atoms with E-state index in [1.54, 1.807) is 0 Å². The zero-order valence-corrected chi connectivity index (χ0v) is 5.80. The van der Waals surface area contributed by atoms with Crippen LogP contribution < -0.4 is 5.32 Å². The maximum atomic E-state index is 4.26. The molecular weight excluding hydrogens is 124 g/mol. The molecule has 0 bridgehead atoms. The number of nitrogens with one attached hydrogen (secondary N) is 1. The van der Waals surface area contributed by atoms with Gasteiger partial charge in [-0.25, -0.2) is 0 Å². The first kappa shape index (κ1) is 5.71. The lowest BCUT2D eigenvalue weighted by Gasteiger charge is -2.15. The second-order valence-corrected chi connectivity index (χ2v) is 2.53. The summed E-state index contributed by atoms with van der Waals surface area (Å²) in [6.07, 6.45) is 4.19. The highest BCUT2D eigenvalue weighted by atomic mass is 14.9. The first-order valence-electron chi connectivity index (χ1n) is 3.64. The fourth-order valence-electron chi connectivity index (χ4n) is 1.28. The Labute approximate surface area is 60.3 Å². The zero-order chi connectivity index (χ0) is 6.81. The van der Waals surface area contributed by atoms with Crippen molar-refractivity contribution in [1.29, 1.82) is 0 Å². The second kappa shape index (κ2) is 2.29. The van der Waals surface area contributed by atoms with Crippen LogP contribution in [0.5, 0.6) is 0 Å². The Morgan fingerprint density at radius 1 is 1.50 bits per heavy atom. The first-order chi connectivity index (χ1) is 4.97. The van der Waals surface area contributed by atoms with Gasteiger partial charge in [0.2, 0.25) is 0 Å². The molecule has 1 aliphatic heterocycles. The van der Waals surface area contributed by atoms with E-state index in [4.69, 9.17) is 0 Å². The van der Waals surface area contributed by atoms with Gasteiger partial charge in [0.25, 0.3) is 0 Å². The van der Waals surface area contributed by atoms with Crippen LogP contribution in [-0.4, -0.2) is 11.5 Å². The first-order valence-corrected chi connectivity index (χ1v) is 3.64. The van der Waals surface area contributed by atoms with E-state index in [0.717, 1.165) is 13.0 Å². The van der Waals surface area contributed by atoms with Crippen LogP contribution in [0.2, 0.25) is 0 Å². The van der Waals surface area contributed by atoms with Crippen LogP contribution in [0.15, 0.2) is 18.3 Å². The van der Waals surface area contributed by atoms with Crippen LogP contribution in [-0.2, 0) is 6.42 Å². The molecule has 0 amide bonds. The standard InChI is InChI=1S/C8H10N2/c1-3-7-8(9-5-1)4-2-6-10-7/h1,3,5,10H,2,4,6H2. The molecule has 0 atom stereocenters. The molecule has 0 saturated carbocycles. The van der Waals surface area contributed by atoms with Crippen LogP contribution in [0.25, 0.3) is 0 Å². The van der Waals surface area contributed by atoms with E-state index < -0.39 is 0 Å². The molecular formula is C8H10N2. The minimum absolute atomic E-state index is 1.10. The van der Waals surface area contributed by atoms with Crippen LogP contribution in [0.4, 0.5) is 5.69 Å². The van der Waals surface area contributed by atoms with Crippen molar-refractivity contribution >= 4 is 5.69 Å². The Bertz CT molecular complexity index is 207. The summed E-state index contributed by atoms with van der Waals surface area (Å²) in [6, 6.07) is 4.05. The van der Waals surface area contributed by atoms with Gasteiger partial charge in [0, 0.05) is 12.7 Å². The predicted molar refractivity (Wildman–Crippen MR) is 41.0 cm³/mol. The van der Waals surface area contributed by atoms with Gasteiger partial charge in [-0.1, -0.05) is 0 Å². The number of aromatic nitrogens is 1. The third-order valence-corrected chi connectivity index (χ3v) is 1.80. The van der Waals surface area contributed by atoms with Gasteiger partial charge in [-0.2, -0.15) is 0 Å². The van der Waals surface area contributed by atoms with Gasteiger partial charge < -0.3 is 5.32 Å². The molecule has 2 rings (SSSR count). The Morgan fingerprint density at radius 2 is 2.50 bits per heavy atom. The van der Waals surface area contributed by atoms with E-state index >= 15 is 0 Å². The lowest BCUT2D eigenvalue weighted by atomic mass is 10.1. The third-order valence-electron chi connectivity index (χ3n) is 1.80. The summed E-state index contributed by atoms with van der Waals surface area (Å²) in [5.74, 6) is 0. The average molecular weight is 134 g/mol. The molecule has 0 aromatic carbocycles. The molecule has 1 aliphatic rings. The van der Waals surface area contributed by atoms with Crippen molar-refractivity contribution < 1.29 is 0 Å². The maximum absolute atomic E-state index is 4.26. The van der Waals surface area contributed by atoms with Gasteiger partial charge in [-0.05, 0) is 25.0 Å². The molecule has 10 heavy (non-hydrogen) atoms. The summed E-state index contributed by atoms with van der Waals surface area (Å²) in [6.45, 7) is 1.10. The molecule has 2 heterocycles.